The van der Waals surface area contributed by atoms with Gasteiger partial charge in [-0.1, -0.05) is 6.92 Å². The molecule has 104 valence electrons. The lowest BCUT2D eigenvalue weighted by Crippen LogP contribution is -2.64. The summed E-state index contributed by atoms with van der Waals surface area (Å²) in [4.78, 5) is 10.8. The molecule has 1 fully saturated rings. The van der Waals surface area contributed by atoms with E-state index >= 15 is 0 Å². The van der Waals surface area contributed by atoms with Crippen LogP contribution in [-0.2, 0) is 4.79 Å². The van der Waals surface area contributed by atoms with Crippen molar-refractivity contribution in [3.05, 3.63) is 24.3 Å². The van der Waals surface area contributed by atoms with Crippen molar-refractivity contribution in [3.63, 3.8) is 0 Å². The molecule has 0 bridgehead atoms. The fourth-order valence-electron chi connectivity index (χ4n) is 1.99. The number of ether oxygens (including phenoxy) is 2. The van der Waals surface area contributed by atoms with Gasteiger partial charge in [0.05, 0.1) is 13.0 Å². The monoisotopic (exact) mass is 265 g/mol. The highest BCUT2D eigenvalue weighted by atomic mass is 16.5. The summed E-state index contributed by atoms with van der Waals surface area (Å²) in [5.74, 6) is 0.629. The van der Waals surface area contributed by atoms with Gasteiger partial charge in [0.1, 0.15) is 17.1 Å². The number of benzene rings is 1. The summed E-state index contributed by atoms with van der Waals surface area (Å²) >= 11 is 0. The Morgan fingerprint density at radius 3 is 2.42 bits per heavy atom. The standard InChI is InChI=1S/C14H19NO4/c1-2-7-18-11-3-5-12(6-4-11)19-14(8-13(16)17)9-15-10-14/h3-6,15H,2,7-10H2,1H3,(H,16,17). The highest BCUT2D eigenvalue weighted by Gasteiger charge is 2.41. The van der Waals surface area contributed by atoms with Crippen LogP contribution in [0.2, 0.25) is 0 Å². The normalized spacial score (nSPS) is 16.5. The molecule has 1 aromatic rings. The quantitative estimate of drug-likeness (QED) is 0.785. The Morgan fingerprint density at radius 1 is 1.32 bits per heavy atom. The summed E-state index contributed by atoms with van der Waals surface area (Å²) in [6, 6.07) is 7.30. The molecule has 1 aliphatic heterocycles. The molecule has 5 heteroatoms. The van der Waals surface area contributed by atoms with Crippen LogP contribution in [0.25, 0.3) is 0 Å². The third-order valence-electron chi connectivity index (χ3n) is 3.00. The molecule has 0 aromatic heterocycles. The molecule has 2 rings (SSSR count). The van der Waals surface area contributed by atoms with Crippen molar-refractivity contribution in [2.24, 2.45) is 0 Å². The third kappa shape index (κ3) is 3.61. The predicted molar refractivity (Wildman–Crippen MR) is 70.7 cm³/mol. The summed E-state index contributed by atoms with van der Waals surface area (Å²) in [6.07, 6.45) is 0.972. The van der Waals surface area contributed by atoms with Gasteiger partial charge < -0.3 is 19.9 Å². The second kappa shape index (κ2) is 5.93. The van der Waals surface area contributed by atoms with E-state index in [1.54, 1.807) is 0 Å². The number of carbonyl (C=O) groups is 1. The number of hydrogen-bond acceptors (Lipinski definition) is 4. The van der Waals surface area contributed by atoms with Gasteiger partial charge >= 0.3 is 5.97 Å². The minimum Gasteiger partial charge on any atom is -0.494 e. The van der Waals surface area contributed by atoms with Crippen molar-refractivity contribution in [2.45, 2.75) is 25.4 Å². The summed E-state index contributed by atoms with van der Waals surface area (Å²) in [5, 5.41) is 12.0. The molecule has 0 amide bonds. The van der Waals surface area contributed by atoms with Gasteiger partial charge in [0.25, 0.3) is 0 Å². The van der Waals surface area contributed by atoms with Gasteiger partial charge in [0.15, 0.2) is 0 Å². The molecule has 2 N–H and O–H groups in total. The lowest BCUT2D eigenvalue weighted by molar-refractivity contribution is -0.143. The van der Waals surface area contributed by atoms with Crippen molar-refractivity contribution < 1.29 is 19.4 Å². The first kappa shape index (κ1) is 13.7. The Bertz CT molecular complexity index is 426. The molecule has 19 heavy (non-hydrogen) atoms. The summed E-state index contributed by atoms with van der Waals surface area (Å²) in [5.41, 5.74) is -0.613. The smallest absolute Gasteiger partial charge is 0.307 e. The highest BCUT2D eigenvalue weighted by molar-refractivity contribution is 5.68. The van der Waals surface area contributed by atoms with Crippen LogP contribution in [0.5, 0.6) is 11.5 Å². The first-order chi connectivity index (χ1) is 9.13. The zero-order valence-corrected chi connectivity index (χ0v) is 11.0. The number of nitrogens with one attached hydrogen (secondary N) is 1. The second-order valence-corrected chi connectivity index (χ2v) is 4.78. The fourth-order valence-corrected chi connectivity index (χ4v) is 1.99. The number of hydrogen-bond donors (Lipinski definition) is 2. The van der Waals surface area contributed by atoms with E-state index in [1.807, 2.05) is 24.3 Å². The maximum Gasteiger partial charge on any atom is 0.307 e. The number of aliphatic carboxylic acids is 1. The minimum atomic E-state index is -0.843. The summed E-state index contributed by atoms with van der Waals surface area (Å²) in [6.45, 7) is 3.87. The van der Waals surface area contributed by atoms with E-state index < -0.39 is 11.6 Å². The Balaban J connectivity index is 1.96. The van der Waals surface area contributed by atoms with Crippen LogP contribution in [0.1, 0.15) is 19.8 Å². The Kier molecular flexibility index (Phi) is 4.27. The largest absolute Gasteiger partial charge is 0.494 e. The molecule has 0 radical (unpaired) electrons. The molecule has 1 aliphatic rings. The molecule has 0 atom stereocenters. The van der Waals surface area contributed by atoms with E-state index in [0.717, 1.165) is 12.2 Å². The minimum absolute atomic E-state index is 0.00802. The van der Waals surface area contributed by atoms with Crippen molar-refractivity contribution in [1.29, 1.82) is 0 Å². The van der Waals surface area contributed by atoms with Gasteiger partial charge in [-0.3, -0.25) is 4.79 Å². The van der Waals surface area contributed by atoms with Gasteiger partial charge in [0.2, 0.25) is 0 Å². The average Bonchev–Trinajstić information content (AvgIpc) is 2.35. The zero-order valence-electron chi connectivity index (χ0n) is 11.0. The van der Waals surface area contributed by atoms with E-state index in [2.05, 4.69) is 12.2 Å². The van der Waals surface area contributed by atoms with Crippen LogP contribution in [-0.4, -0.2) is 36.4 Å². The van der Waals surface area contributed by atoms with Crippen molar-refractivity contribution >= 4 is 5.97 Å². The number of rotatable bonds is 7. The molecule has 1 heterocycles. The first-order valence-electron chi connectivity index (χ1n) is 6.48. The van der Waals surface area contributed by atoms with E-state index in [4.69, 9.17) is 14.6 Å². The topological polar surface area (TPSA) is 67.8 Å². The molecule has 5 nitrogen and oxygen atoms in total. The van der Waals surface area contributed by atoms with Crippen molar-refractivity contribution in [2.75, 3.05) is 19.7 Å². The molecule has 0 spiro atoms. The van der Waals surface area contributed by atoms with Gasteiger partial charge in [-0.2, -0.15) is 0 Å². The summed E-state index contributed by atoms with van der Waals surface area (Å²) in [7, 11) is 0. The molecule has 1 saturated heterocycles. The van der Waals surface area contributed by atoms with Crippen LogP contribution < -0.4 is 14.8 Å². The molecular weight excluding hydrogens is 246 g/mol. The predicted octanol–water partition coefficient (Wildman–Crippen LogP) is 1.67. The van der Waals surface area contributed by atoms with Crippen LogP contribution >= 0.6 is 0 Å². The first-order valence-corrected chi connectivity index (χ1v) is 6.48. The number of carboxylic acids is 1. The summed E-state index contributed by atoms with van der Waals surface area (Å²) < 4.78 is 11.3. The van der Waals surface area contributed by atoms with Crippen molar-refractivity contribution in [3.8, 4) is 11.5 Å². The molecule has 0 unspecified atom stereocenters. The maximum absolute atomic E-state index is 10.8. The van der Waals surface area contributed by atoms with Gasteiger partial charge in [-0.05, 0) is 30.7 Å². The second-order valence-electron chi connectivity index (χ2n) is 4.78. The molecule has 1 aromatic carbocycles. The zero-order chi connectivity index (χ0) is 13.7. The van der Waals surface area contributed by atoms with Crippen LogP contribution in [0.3, 0.4) is 0 Å². The van der Waals surface area contributed by atoms with Gasteiger partial charge in [-0.25, -0.2) is 0 Å². The highest BCUT2D eigenvalue weighted by Crippen LogP contribution is 2.27. The molecular formula is C14H19NO4. The van der Waals surface area contributed by atoms with E-state index in [1.165, 1.54) is 0 Å². The van der Waals surface area contributed by atoms with Crippen LogP contribution in [0.4, 0.5) is 0 Å². The SMILES string of the molecule is CCCOc1ccc(OC2(CC(=O)O)CNC2)cc1. The average molecular weight is 265 g/mol. The van der Waals surface area contributed by atoms with Crippen LogP contribution in [0.15, 0.2) is 24.3 Å². The van der Waals surface area contributed by atoms with Crippen LogP contribution in [0, 0.1) is 0 Å². The lowest BCUT2D eigenvalue weighted by Gasteiger charge is -2.41. The number of carboxylic acid groups (broad SMARTS) is 1. The van der Waals surface area contributed by atoms with Crippen molar-refractivity contribution in [1.82, 2.24) is 5.32 Å². The molecule has 0 saturated carbocycles. The van der Waals surface area contributed by atoms with Gasteiger partial charge in [-0.15, -0.1) is 0 Å². The lowest BCUT2D eigenvalue weighted by atomic mass is 9.92. The Morgan fingerprint density at radius 2 is 1.95 bits per heavy atom. The van der Waals surface area contributed by atoms with E-state index in [9.17, 15) is 4.79 Å². The van der Waals surface area contributed by atoms with E-state index in [-0.39, 0.29) is 6.42 Å². The Hall–Kier alpha value is -1.75. The maximum atomic E-state index is 10.8. The van der Waals surface area contributed by atoms with E-state index in [0.29, 0.717) is 25.4 Å². The fraction of sp³-hybridized carbons (Fsp3) is 0.500. The third-order valence-corrected chi connectivity index (χ3v) is 3.00. The molecule has 0 aliphatic carbocycles. The van der Waals surface area contributed by atoms with Gasteiger partial charge in [0, 0.05) is 13.1 Å². The Labute approximate surface area is 112 Å².